The third kappa shape index (κ3) is 2.39. The summed E-state index contributed by atoms with van der Waals surface area (Å²) in [5.41, 5.74) is -0.821. The smallest absolute Gasteiger partial charge is 0.246 e. The minimum atomic E-state index is -0.821. The number of hydrogen-bond acceptors (Lipinski definition) is 4. The second kappa shape index (κ2) is 5.60. The number of carbonyl (C=O) groups excluding carboxylic acids is 2. The van der Waals surface area contributed by atoms with Gasteiger partial charge in [0.25, 0.3) is 0 Å². The van der Waals surface area contributed by atoms with Crippen molar-refractivity contribution in [1.82, 2.24) is 25.0 Å². The van der Waals surface area contributed by atoms with Crippen molar-refractivity contribution in [2.24, 2.45) is 0 Å². The lowest BCUT2D eigenvalue weighted by Gasteiger charge is -2.42. The molecule has 1 aliphatic heterocycles. The molecule has 0 bridgehead atoms. The molecule has 20 heavy (non-hydrogen) atoms. The normalized spacial score (nSPS) is 23.1. The molecular formula is C13H21N5O2. The molecule has 0 aliphatic carbocycles. The molecule has 7 heteroatoms. The molecule has 0 radical (unpaired) electrons. The third-order valence-corrected chi connectivity index (χ3v) is 3.91. The van der Waals surface area contributed by atoms with Crippen molar-refractivity contribution in [2.45, 2.75) is 52.2 Å². The first-order chi connectivity index (χ1) is 9.52. The predicted molar refractivity (Wildman–Crippen MR) is 72.6 cm³/mol. The van der Waals surface area contributed by atoms with Crippen molar-refractivity contribution in [3.63, 3.8) is 0 Å². The summed E-state index contributed by atoms with van der Waals surface area (Å²) in [6, 6.07) is 0. The van der Waals surface area contributed by atoms with Gasteiger partial charge < -0.3 is 10.2 Å². The van der Waals surface area contributed by atoms with Gasteiger partial charge in [-0.1, -0.05) is 13.8 Å². The molecule has 110 valence electrons. The van der Waals surface area contributed by atoms with Crippen LogP contribution in [0.2, 0.25) is 0 Å². The molecule has 2 heterocycles. The highest BCUT2D eigenvalue weighted by Gasteiger charge is 2.44. The van der Waals surface area contributed by atoms with Crippen molar-refractivity contribution in [1.29, 1.82) is 0 Å². The molecule has 1 saturated heterocycles. The standard InChI is InChI=1S/C13H21N5O2/c1-4-6-18-10(15-9-16-18)8-17-11(19)7-14-12(20)13(17,3)5-2/h9H,4-8H2,1-3H3,(H,14,20). The molecule has 1 N–H and O–H groups in total. The largest absolute Gasteiger partial charge is 0.345 e. The fourth-order valence-electron chi connectivity index (χ4n) is 2.40. The Bertz CT molecular complexity index is 513. The molecule has 7 nitrogen and oxygen atoms in total. The zero-order valence-electron chi connectivity index (χ0n) is 12.2. The third-order valence-electron chi connectivity index (χ3n) is 3.91. The van der Waals surface area contributed by atoms with E-state index in [2.05, 4.69) is 22.3 Å². The summed E-state index contributed by atoms with van der Waals surface area (Å²) in [5, 5.41) is 6.81. The molecule has 0 aromatic carbocycles. The second-order valence-electron chi connectivity index (χ2n) is 5.19. The van der Waals surface area contributed by atoms with E-state index in [9.17, 15) is 9.59 Å². The van der Waals surface area contributed by atoms with E-state index in [4.69, 9.17) is 0 Å². The van der Waals surface area contributed by atoms with Gasteiger partial charge in [-0.25, -0.2) is 9.67 Å². The van der Waals surface area contributed by atoms with Gasteiger partial charge in [-0.3, -0.25) is 9.59 Å². The van der Waals surface area contributed by atoms with E-state index in [1.165, 1.54) is 6.33 Å². The molecule has 1 atom stereocenters. The molecule has 2 rings (SSSR count). The molecule has 1 unspecified atom stereocenters. The Morgan fingerprint density at radius 2 is 2.15 bits per heavy atom. The molecule has 1 aromatic heterocycles. The summed E-state index contributed by atoms with van der Waals surface area (Å²) in [6.45, 7) is 6.88. The van der Waals surface area contributed by atoms with Crippen molar-refractivity contribution in [3.05, 3.63) is 12.2 Å². The van der Waals surface area contributed by atoms with Gasteiger partial charge >= 0.3 is 0 Å². The van der Waals surface area contributed by atoms with Crippen LogP contribution in [0.5, 0.6) is 0 Å². The van der Waals surface area contributed by atoms with Crippen LogP contribution in [0.1, 0.15) is 39.4 Å². The minimum absolute atomic E-state index is 0.0519. The average Bonchev–Trinajstić information content (AvgIpc) is 2.87. The van der Waals surface area contributed by atoms with Crippen molar-refractivity contribution >= 4 is 11.8 Å². The molecule has 0 spiro atoms. The quantitative estimate of drug-likeness (QED) is 0.841. The summed E-state index contributed by atoms with van der Waals surface area (Å²) < 4.78 is 1.79. The highest BCUT2D eigenvalue weighted by molar-refractivity contribution is 5.97. The van der Waals surface area contributed by atoms with Gasteiger partial charge in [-0.2, -0.15) is 5.10 Å². The van der Waals surface area contributed by atoms with Crippen molar-refractivity contribution in [2.75, 3.05) is 6.54 Å². The number of aromatic nitrogens is 3. The van der Waals surface area contributed by atoms with Crippen LogP contribution in [-0.4, -0.2) is 43.6 Å². The first-order valence-corrected chi connectivity index (χ1v) is 6.98. The Labute approximate surface area is 118 Å². The van der Waals surface area contributed by atoms with Gasteiger partial charge in [0.15, 0.2) is 0 Å². The van der Waals surface area contributed by atoms with E-state index < -0.39 is 5.54 Å². The van der Waals surface area contributed by atoms with E-state index in [-0.39, 0.29) is 18.4 Å². The number of hydrogen-bond donors (Lipinski definition) is 1. The van der Waals surface area contributed by atoms with Gasteiger partial charge in [0.1, 0.15) is 17.7 Å². The highest BCUT2D eigenvalue weighted by atomic mass is 16.2. The fourth-order valence-corrected chi connectivity index (χ4v) is 2.40. The maximum Gasteiger partial charge on any atom is 0.246 e. The van der Waals surface area contributed by atoms with Gasteiger partial charge in [0.05, 0.1) is 13.1 Å². The molecule has 1 aliphatic rings. The molecule has 1 fully saturated rings. The summed E-state index contributed by atoms with van der Waals surface area (Å²) in [5.74, 6) is 0.524. The number of amides is 2. The summed E-state index contributed by atoms with van der Waals surface area (Å²) >= 11 is 0. The van der Waals surface area contributed by atoms with Crippen LogP contribution in [-0.2, 0) is 22.7 Å². The molecule has 2 amide bonds. The Morgan fingerprint density at radius 3 is 2.80 bits per heavy atom. The first kappa shape index (κ1) is 14.5. The Kier molecular flexibility index (Phi) is 4.06. The lowest BCUT2D eigenvalue weighted by molar-refractivity contribution is -0.153. The summed E-state index contributed by atoms with van der Waals surface area (Å²) in [4.78, 5) is 30.1. The second-order valence-corrected chi connectivity index (χ2v) is 5.19. The SMILES string of the molecule is CCCn1ncnc1CN1C(=O)CNC(=O)C1(C)CC. The maximum absolute atomic E-state index is 12.2. The number of rotatable bonds is 5. The van der Waals surface area contributed by atoms with Crippen LogP contribution in [0.3, 0.4) is 0 Å². The number of nitrogens with zero attached hydrogens (tertiary/aromatic N) is 4. The van der Waals surface area contributed by atoms with Crippen LogP contribution in [0, 0.1) is 0 Å². The lowest BCUT2D eigenvalue weighted by atomic mass is 9.92. The van der Waals surface area contributed by atoms with Gasteiger partial charge in [0, 0.05) is 6.54 Å². The van der Waals surface area contributed by atoms with E-state index in [0.29, 0.717) is 13.0 Å². The summed E-state index contributed by atoms with van der Waals surface area (Å²) in [7, 11) is 0. The topological polar surface area (TPSA) is 80.1 Å². The van der Waals surface area contributed by atoms with E-state index in [0.717, 1.165) is 18.8 Å². The van der Waals surface area contributed by atoms with Crippen LogP contribution in [0.4, 0.5) is 0 Å². The number of piperazine rings is 1. The molecule has 1 aromatic rings. The number of aryl methyl sites for hydroxylation is 1. The monoisotopic (exact) mass is 279 g/mol. The zero-order chi connectivity index (χ0) is 14.8. The van der Waals surface area contributed by atoms with Gasteiger partial charge in [-0.05, 0) is 19.8 Å². The van der Waals surface area contributed by atoms with Crippen molar-refractivity contribution < 1.29 is 9.59 Å². The number of carbonyl (C=O) groups is 2. The molecule has 0 saturated carbocycles. The Morgan fingerprint density at radius 1 is 1.40 bits per heavy atom. The molecular weight excluding hydrogens is 258 g/mol. The fraction of sp³-hybridized carbons (Fsp3) is 0.692. The summed E-state index contributed by atoms with van der Waals surface area (Å²) in [6.07, 6.45) is 2.99. The maximum atomic E-state index is 12.2. The Hall–Kier alpha value is -1.92. The Balaban J connectivity index is 2.26. The van der Waals surface area contributed by atoms with Gasteiger partial charge in [-0.15, -0.1) is 0 Å². The predicted octanol–water partition coefficient (Wildman–Crippen LogP) is 0.315. The highest BCUT2D eigenvalue weighted by Crippen LogP contribution is 2.24. The first-order valence-electron chi connectivity index (χ1n) is 6.98. The van der Waals surface area contributed by atoms with Crippen LogP contribution in [0.15, 0.2) is 6.33 Å². The van der Waals surface area contributed by atoms with E-state index in [1.807, 2.05) is 6.92 Å². The van der Waals surface area contributed by atoms with Crippen LogP contribution in [0.25, 0.3) is 0 Å². The van der Waals surface area contributed by atoms with E-state index in [1.54, 1.807) is 16.5 Å². The van der Waals surface area contributed by atoms with Gasteiger partial charge in [0.2, 0.25) is 11.8 Å². The lowest BCUT2D eigenvalue weighted by Crippen LogP contribution is -2.65. The van der Waals surface area contributed by atoms with Crippen LogP contribution < -0.4 is 5.32 Å². The zero-order valence-corrected chi connectivity index (χ0v) is 12.2. The number of nitrogens with one attached hydrogen (secondary N) is 1. The van der Waals surface area contributed by atoms with E-state index >= 15 is 0 Å². The average molecular weight is 279 g/mol. The van der Waals surface area contributed by atoms with Crippen molar-refractivity contribution in [3.8, 4) is 0 Å². The minimum Gasteiger partial charge on any atom is -0.345 e. The van der Waals surface area contributed by atoms with Crippen LogP contribution >= 0.6 is 0 Å².